The molecule has 1 saturated heterocycles. The Labute approximate surface area is 122 Å². The molecule has 1 aliphatic heterocycles. The van der Waals surface area contributed by atoms with Gasteiger partial charge in [0.05, 0.1) is 11.1 Å². The van der Waals surface area contributed by atoms with E-state index in [0.717, 1.165) is 0 Å². The molecule has 6 heteroatoms. The predicted octanol–water partition coefficient (Wildman–Crippen LogP) is 3.51. The molecular formula is C14H18ClFN2O2. The zero-order chi connectivity index (χ0) is 14.9. The fourth-order valence-corrected chi connectivity index (χ4v) is 1.98. The number of hydrogen-bond donors (Lipinski definition) is 1. The van der Waals surface area contributed by atoms with E-state index < -0.39 is 11.4 Å². The third-order valence-electron chi connectivity index (χ3n) is 2.82. The number of anilines is 1. The highest BCUT2D eigenvalue weighted by molar-refractivity contribution is 6.30. The summed E-state index contributed by atoms with van der Waals surface area (Å²) in [5.74, 6) is -0.458. The lowest BCUT2D eigenvalue weighted by molar-refractivity contribution is 0.0105. The largest absolute Gasteiger partial charge is 0.444 e. The summed E-state index contributed by atoms with van der Waals surface area (Å²) in [5.41, 5.74) is 0.162. The zero-order valence-electron chi connectivity index (χ0n) is 11.7. The number of nitrogens with zero attached hydrogens (tertiary/aromatic N) is 1. The molecule has 1 N–H and O–H groups in total. The van der Waals surface area contributed by atoms with Crippen LogP contribution in [0.5, 0.6) is 0 Å². The van der Waals surface area contributed by atoms with Gasteiger partial charge in [-0.05, 0) is 39.0 Å². The first kappa shape index (κ1) is 14.9. The topological polar surface area (TPSA) is 41.6 Å². The Bertz CT molecular complexity index is 510. The second kappa shape index (κ2) is 5.48. The van der Waals surface area contributed by atoms with Crippen LogP contribution in [0.1, 0.15) is 20.8 Å². The molecule has 110 valence electrons. The van der Waals surface area contributed by atoms with Gasteiger partial charge in [0, 0.05) is 18.8 Å². The van der Waals surface area contributed by atoms with E-state index in [0.29, 0.717) is 18.8 Å². The van der Waals surface area contributed by atoms with E-state index in [2.05, 4.69) is 5.32 Å². The van der Waals surface area contributed by atoms with Crippen molar-refractivity contribution in [3.05, 3.63) is 29.0 Å². The first-order valence-electron chi connectivity index (χ1n) is 6.44. The summed E-state index contributed by atoms with van der Waals surface area (Å²) in [6.45, 7) is 6.57. The molecule has 0 bridgehead atoms. The van der Waals surface area contributed by atoms with E-state index in [4.69, 9.17) is 16.3 Å². The maximum Gasteiger partial charge on any atom is 0.410 e. The molecule has 1 heterocycles. The van der Waals surface area contributed by atoms with Gasteiger partial charge in [-0.1, -0.05) is 11.6 Å². The van der Waals surface area contributed by atoms with Crippen LogP contribution >= 0.6 is 11.6 Å². The van der Waals surface area contributed by atoms with Gasteiger partial charge in [-0.2, -0.15) is 0 Å². The van der Waals surface area contributed by atoms with Gasteiger partial charge in [-0.15, -0.1) is 0 Å². The zero-order valence-corrected chi connectivity index (χ0v) is 12.5. The van der Waals surface area contributed by atoms with E-state index in [-0.39, 0.29) is 17.2 Å². The first-order chi connectivity index (χ1) is 9.24. The number of carbonyl (C=O) groups is 1. The van der Waals surface area contributed by atoms with Gasteiger partial charge >= 0.3 is 6.09 Å². The summed E-state index contributed by atoms with van der Waals surface area (Å²) in [6.07, 6.45) is -0.321. The van der Waals surface area contributed by atoms with Crippen molar-refractivity contribution in [1.82, 2.24) is 4.90 Å². The van der Waals surface area contributed by atoms with E-state index in [9.17, 15) is 9.18 Å². The second-order valence-electron chi connectivity index (χ2n) is 5.86. The molecule has 1 amide bonds. The molecule has 0 aliphatic carbocycles. The van der Waals surface area contributed by atoms with Crippen LogP contribution in [0.3, 0.4) is 0 Å². The molecule has 0 saturated carbocycles. The highest BCUT2D eigenvalue weighted by Crippen LogP contribution is 2.22. The number of carbonyl (C=O) groups excluding carboxylic acids is 1. The Balaban J connectivity index is 1.82. The van der Waals surface area contributed by atoms with Crippen LogP contribution in [0.15, 0.2) is 18.2 Å². The molecule has 1 fully saturated rings. The lowest BCUT2D eigenvalue weighted by Gasteiger charge is -2.40. The average Bonchev–Trinajstić information content (AvgIpc) is 2.25. The van der Waals surface area contributed by atoms with E-state index in [1.807, 2.05) is 20.8 Å². The van der Waals surface area contributed by atoms with Crippen LogP contribution in [0, 0.1) is 5.82 Å². The fraction of sp³-hybridized carbons (Fsp3) is 0.500. The number of halogens is 2. The smallest absolute Gasteiger partial charge is 0.410 e. The van der Waals surface area contributed by atoms with Crippen LogP contribution in [-0.4, -0.2) is 35.7 Å². The van der Waals surface area contributed by atoms with Crippen molar-refractivity contribution in [2.45, 2.75) is 32.4 Å². The summed E-state index contributed by atoms with van der Waals surface area (Å²) >= 11 is 5.62. The van der Waals surface area contributed by atoms with Gasteiger partial charge in [0.2, 0.25) is 0 Å². The summed E-state index contributed by atoms with van der Waals surface area (Å²) in [7, 11) is 0. The van der Waals surface area contributed by atoms with E-state index in [1.165, 1.54) is 12.1 Å². The number of rotatable bonds is 2. The Morgan fingerprint density at radius 1 is 1.45 bits per heavy atom. The van der Waals surface area contributed by atoms with Crippen LogP contribution in [0.25, 0.3) is 0 Å². The van der Waals surface area contributed by atoms with E-state index in [1.54, 1.807) is 11.0 Å². The molecule has 0 unspecified atom stereocenters. The lowest BCUT2D eigenvalue weighted by atomic mass is 10.1. The van der Waals surface area contributed by atoms with Gasteiger partial charge in [-0.25, -0.2) is 9.18 Å². The third-order valence-corrected chi connectivity index (χ3v) is 3.13. The van der Waals surface area contributed by atoms with Gasteiger partial charge in [-0.3, -0.25) is 0 Å². The molecule has 1 aromatic carbocycles. The maximum absolute atomic E-state index is 13.3. The number of likely N-dealkylation sites (tertiary alicyclic amines) is 1. The molecular weight excluding hydrogens is 283 g/mol. The minimum atomic E-state index is -0.491. The maximum atomic E-state index is 13.3. The van der Waals surface area contributed by atoms with Crippen molar-refractivity contribution in [3.8, 4) is 0 Å². The minimum absolute atomic E-state index is 0.0968. The van der Waals surface area contributed by atoms with Crippen LogP contribution in [-0.2, 0) is 4.74 Å². The fourth-order valence-electron chi connectivity index (χ4n) is 1.87. The molecule has 0 radical (unpaired) electrons. The molecule has 1 aromatic rings. The molecule has 0 aromatic heterocycles. The molecule has 4 nitrogen and oxygen atoms in total. The van der Waals surface area contributed by atoms with Crippen molar-refractivity contribution in [2.24, 2.45) is 0 Å². The number of amides is 1. The van der Waals surface area contributed by atoms with Gasteiger partial charge in [0.25, 0.3) is 0 Å². The lowest BCUT2D eigenvalue weighted by Crippen LogP contribution is -2.57. The quantitative estimate of drug-likeness (QED) is 0.909. The monoisotopic (exact) mass is 300 g/mol. The Kier molecular flexibility index (Phi) is 4.09. The molecule has 1 aliphatic rings. The normalized spacial score (nSPS) is 15.8. The molecule has 0 atom stereocenters. The summed E-state index contributed by atoms with van der Waals surface area (Å²) in [5, 5.41) is 3.24. The third kappa shape index (κ3) is 3.76. The Hall–Kier alpha value is -1.49. The summed E-state index contributed by atoms with van der Waals surface area (Å²) in [6, 6.07) is 4.66. The van der Waals surface area contributed by atoms with Crippen LogP contribution in [0.4, 0.5) is 14.9 Å². The molecule has 0 spiro atoms. The van der Waals surface area contributed by atoms with Crippen molar-refractivity contribution in [1.29, 1.82) is 0 Å². The van der Waals surface area contributed by atoms with Crippen LogP contribution < -0.4 is 5.32 Å². The average molecular weight is 301 g/mol. The van der Waals surface area contributed by atoms with Crippen molar-refractivity contribution in [2.75, 3.05) is 18.4 Å². The first-order valence-corrected chi connectivity index (χ1v) is 6.82. The number of hydrogen-bond acceptors (Lipinski definition) is 3. The number of benzene rings is 1. The van der Waals surface area contributed by atoms with Crippen molar-refractivity contribution < 1.29 is 13.9 Å². The SMILES string of the molecule is CC(C)(C)OC(=O)N1CC(Nc2ccc(Cl)c(F)c2)C1. The number of ether oxygens (including phenoxy) is 1. The van der Waals surface area contributed by atoms with Gasteiger partial charge in [0.15, 0.2) is 0 Å². The minimum Gasteiger partial charge on any atom is -0.444 e. The standard InChI is InChI=1S/C14H18ClFN2O2/c1-14(2,3)20-13(19)18-7-10(8-18)17-9-4-5-11(15)12(16)6-9/h4-6,10,17H,7-8H2,1-3H3. The van der Waals surface area contributed by atoms with Gasteiger partial charge < -0.3 is 15.0 Å². The van der Waals surface area contributed by atoms with Gasteiger partial charge in [0.1, 0.15) is 11.4 Å². The Morgan fingerprint density at radius 2 is 2.10 bits per heavy atom. The molecule has 20 heavy (non-hydrogen) atoms. The predicted molar refractivity (Wildman–Crippen MR) is 76.6 cm³/mol. The number of nitrogens with one attached hydrogen (secondary N) is 1. The van der Waals surface area contributed by atoms with Crippen molar-refractivity contribution in [3.63, 3.8) is 0 Å². The van der Waals surface area contributed by atoms with Crippen LogP contribution in [0.2, 0.25) is 5.02 Å². The van der Waals surface area contributed by atoms with E-state index >= 15 is 0 Å². The Morgan fingerprint density at radius 3 is 2.65 bits per heavy atom. The molecule has 2 rings (SSSR count). The van der Waals surface area contributed by atoms with Crippen molar-refractivity contribution >= 4 is 23.4 Å². The second-order valence-corrected chi connectivity index (χ2v) is 6.26. The summed E-state index contributed by atoms with van der Waals surface area (Å²) < 4.78 is 18.5. The summed E-state index contributed by atoms with van der Waals surface area (Å²) in [4.78, 5) is 13.3. The highest BCUT2D eigenvalue weighted by atomic mass is 35.5. The highest BCUT2D eigenvalue weighted by Gasteiger charge is 2.33.